The summed E-state index contributed by atoms with van der Waals surface area (Å²) < 4.78 is 21.0. The van der Waals surface area contributed by atoms with Gasteiger partial charge in [0.25, 0.3) is 11.5 Å². The van der Waals surface area contributed by atoms with Crippen LogP contribution in [0.2, 0.25) is 0 Å². The van der Waals surface area contributed by atoms with Gasteiger partial charge in [0.15, 0.2) is 0 Å². The first-order valence-electron chi connectivity index (χ1n) is 9.52. The molecule has 3 heterocycles. The first-order valence-corrected chi connectivity index (χ1v) is 9.52. The fourth-order valence-electron chi connectivity index (χ4n) is 3.76. The molecule has 0 aliphatic carbocycles. The average molecular weight is 409 g/mol. The first-order chi connectivity index (χ1) is 14.5. The van der Waals surface area contributed by atoms with Gasteiger partial charge in [-0.1, -0.05) is 12.1 Å². The normalized spacial score (nSPS) is 18.3. The van der Waals surface area contributed by atoms with E-state index in [1.165, 1.54) is 29.0 Å². The molecule has 1 atom stereocenters. The molecule has 0 bridgehead atoms. The van der Waals surface area contributed by atoms with E-state index in [-0.39, 0.29) is 23.5 Å². The highest BCUT2D eigenvalue weighted by atomic mass is 19.1. The molecule has 154 valence electrons. The van der Waals surface area contributed by atoms with Crippen molar-refractivity contribution in [3.8, 4) is 0 Å². The minimum atomic E-state index is -0.760. The van der Waals surface area contributed by atoms with Crippen molar-refractivity contribution in [2.24, 2.45) is 0 Å². The smallest absolute Gasteiger partial charge is 0.276 e. The second-order valence-electron chi connectivity index (χ2n) is 7.15. The van der Waals surface area contributed by atoms with Crippen LogP contribution in [0.5, 0.6) is 0 Å². The summed E-state index contributed by atoms with van der Waals surface area (Å²) in [5.41, 5.74) is 2.92. The number of amides is 1. The van der Waals surface area contributed by atoms with Crippen molar-refractivity contribution in [3.05, 3.63) is 99.5 Å². The van der Waals surface area contributed by atoms with Crippen LogP contribution in [0.4, 0.5) is 4.39 Å². The van der Waals surface area contributed by atoms with Crippen molar-refractivity contribution >= 4 is 5.91 Å². The zero-order chi connectivity index (χ0) is 21.1. The molecule has 4 rings (SSSR count). The van der Waals surface area contributed by atoms with E-state index < -0.39 is 11.5 Å². The standard InChI is InChI=1S/C22H20FN3O4/c23-18-5-3-16(4-6-18)22(9-1-11-30-22)17-8-10-26(20(27)12-17)14-19-7-2-15(13-24-19)21(28)25-29/h2-8,10,12-13,29H,1,9,11,14H2,(H,25,28). The molecule has 0 saturated carbocycles. The number of pyridine rings is 2. The highest BCUT2D eigenvalue weighted by Crippen LogP contribution is 2.41. The fraction of sp³-hybridized carbons (Fsp3) is 0.227. The van der Waals surface area contributed by atoms with Gasteiger partial charge in [0.2, 0.25) is 0 Å². The Kier molecular flexibility index (Phi) is 5.43. The number of hydrogen-bond acceptors (Lipinski definition) is 5. The molecule has 3 aromatic rings. The van der Waals surface area contributed by atoms with E-state index >= 15 is 0 Å². The van der Waals surface area contributed by atoms with Crippen LogP contribution in [0.25, 0.3) is 0 Å². The van der Waals surface area contributed by atoms with Crippen LogP contribution in [-0.2, 0) is 16.9 Å². The maximum absolute atomic E-state index is 13.4. The molecular weight excluding hydrogens is 389 g/mol. The van der Waals surface area contributed by atoms with Crippen LogP contribution in [0.3, 0.4) is 0 Å². The summed E-state index contributed by atoms with van der Waals surface area (Å²) in [6.45, 7) is 0.794. The van der Waals surface area contributed by atoms with Crippen LogP contribution in [-0.4, -0.2) is 27.3 Å². The zero-order valence-corrected chi connectivity index (χ0v) is 16.0. The van der Waals surface area contributed by atoms with Gasteiger partial charge in [0, 0.05) is 25.1 Å². The van der Waals surface area contributed by atoms with Crippen LogP contribution in [0, 0.1) is 5.82 Å². The van der Waals surface area contributed by atoms with Crippen molar-refractivity contribution < 1.29 is 19.1 Å². The van der Waals surface area contributed by atoms with E-state index in [1.54, 1.807) is 35.9 Å². The van der Waals surface area contributed by atoms with Gasteiger partial charge in [-0.3, -0.25) is 19.8 Å². The second kappa shape index (κ2) is 8.17. The van der Waals surface area contributed by atoms with Gasteiger partial charge in [-0.2, -0.15) is 0 Å². The predicted octanol–water partition coefficient (Wildman–Crippen LogP) is 2.60. The number of halogens is 1. The molecule has 2 aromatic heterocycles. The lowest BCUT2D eigenvalue weighted by Crippen LogP contribution is -2.30. The van der Waals surface area contributed by atoms with Gasteiger partial charge in [0.05, 0.1) is 17.8 Å². The number of nitrogens with zero attached hydrogens (tertiary/aromatic N) is 2. The van der Waals surface area contributed by atoms with Gasteiger partial charge in [0.1, 0.15) is 11.4 Å². The number of aromatic nitrogens is 2. The Labute approximate surface area is 171 Å². The Hall–Kier alpha value is -3.36. The number of nitrogens with one attached hydrogen (secondary N) is 1. The van der Waals surface area contributed by atoms with Crippen LogP contribution >= 0.6 is 0 Å². The van der Waals surface area contributed by atoms with E-state index in [0.717, 1.165) is 17.5 Å². The summed E-state index contributed by atoms with van der Waals surface area (Å²) in [7, 11) is 0. The van der Waals surface area contributed by atoms with Gasteiger partial charge in [-0.05, 0) is 54.3 Å². The Morgan fingerprint density at radius 3 is 2.60 bits per heavy atom. The third kappa shape index (κ3) is 3.74. The third-order valence-corrected chi connectivity index (χ3v) is 5.32. The molecule has 0 radical (unpaired) electrons. The van der Waals surface area contributed by atoms with Gasteiger partial charge in [-0.25, -0.2) is 9.87 Å². The molecule has 0 spiro atoms. The highest BCUT2D eigenvalue weighted by Gasteiger charge is 2.39. The maximum atomic E-state index is 13.4. The topological polar surface area (TPSA) is 93.5 Å². The lowest BCUT2D eigenvalue weighted by Gasteiger charge is -2.29. The molecule has 1 saturated heterocycles. The van der Waals surface area contributed by atoms with E-state index in [9.17, 15) is 14.0 Å². The molecule has 1 fully saturated rings. The molecule has 2 N–H and O–H groups in total. The Morgan fingerprint density at radius 1 is 1.20 bits per heavy atom. The van der Waals surface area contributed by atoms with E-state index in [2.05, 4.69) is 4.98 Å². The lowest BCUT2D eigenvalue weighted by atomic mass is 9.84. The summed E-state index contributed by atoms with van der Waals surface area (Å²) in [4.78, 5) is 28.3. The van der Waals surface area contributed by atoms with Crippen molar-refractivity contribution in [2.75, 3.05) is 6.61 Å². The number of benzene rings is 1. The minimum Gasteiger partial charge on any atom is -0.366 e. The van der Waals surface area contributed by atoms with Crippen molar-refractivity contribution in [3.63, 3.8) is 0 Å². The number of rotatable bonds is 5. The summed E-state index contributed by atoms with van der Waals surface area (Å²) in [6, 6.07) is 12.7. The fourth-order valence-corrected chi connectivity index (χ4v) is 3.76. The summed E-state index contributed by atoms with van der Waals surface area (Å²) in [5, 5.41) is 8.66. The van der Waals surface area contributed by atoms with Gasteiger partial charge >= 0.3 is 0 Å². The number of hydroxylamine groups is 1. The average Bonchev–Trinajstić information content (AvgIpc) is 3.27. The molecule has 1 aliphatic heterocycles. The van der Waals surface area contributed by atoms with Crippen molar-refractivity contribution in [1.29, 1.82) is 0 Å². The maximum Gasteiger partial charge on any atom is 0.276 e. The quantitative estimate of drug-likeness (QED) is 0.499. The predicted molar refractivity (Wildman–Crippen MR) is 106 cm³/mol. The molecule has 8 heteroatoms. The Morgan fingerprint density at radius 2 is 2.00 bits per heavy atom. The molecule has 1 amide bonds. The monoisotopic (exact) mass is 409 g/mol. The lowest BCUT2D eigenvalue weighted by molar-refractivity contribution is 0.0357. The Bertz CT molecular complexity index is 1100. The largest absolute Gasteiger partial charge is 0.366 e. The molecule has 1 aliphatic rings. The van der Waals surface area contributed by atoms with E-state index in [4.69, 9.17) is 9.94 Å². The van der Waals surface area contributed by atoms with Crippen LogP contribution < -0.4 is 11.0 Å². The van der Waals surface area contributed by atoms with Crippen molar-refractivity contribution in [1.82, 2.24) is 15.0 Å². The number of hydrogen-bond donors (Lipinski definition) is 2. The summed E-state index contributed by atoms with van der Waals surface area (Å²) in [6.07, 6.45) is 4.56. The highest BCUT2D eigenvalue weighted by molar-refractivity contribution is 5.92. The van der Waals surface area contributed by atoms with Crippen molar-refractivity contribution in [2.45, 2.75) is 25.0 Å². The zero-order valence-electron chi connectivity index (χ0n) is 16.0. The summed E-state index contributed by atoms with van der Waals surface area (Å²) >= 11 is 0. The molecule has 30 heavy (non-hydrogen) atoms. The minimum absolute atomic E-state index is 0.212. The van der Waals surface area contributed by atoms with E-state index in [0.29, 0.717) is 18.7 Å². The molecule has 1 unspecified atom stereocenters. The van der Waals surface area contributed by atoms with Crippen LogP contribution in [0.15, 0.2) is 65.7 Å². The SMILES string of the molecule is O=C(NO)c1ccc(Cn2ccc(C3(c4ccc(F)cc4)CCCO3)cc2=O)nc1. The van der Waals surface area contributed by atoms with E-state index in [1.807, 2.05) is 6.07 Å². The van der Waals surface area contributed by atoms with Gasteiger partial charge in [-0.15, -0.1) is 0 Å². The summed E-state index contributed by atoms with van der Waals surface area (Å²) in [5.74, 6) is -0.976. The Balaban J connectivity index is 1.61. The number of carbonyl (C=O) groups is 1. The number of carbonyl (C=O) groups excluding carboxylic acids is 1. The second-order valence-corrected chi connectivity index (χ2v) is 7.15. The molecule has 7 nitrogen and oxygen atoms in total. The van der Waals surface area contributed by atoms with Gasteiger partial charge < -0.3 is 9.30 Å². The molecular formula is C22H20FN3O4. The van der Waals surface area contributed by atoms with Crippen LogP contribution in [0.1, 0.15) is 40.0 Å². The first kappa shape index (κ1) is 19.9. The molecule has 1 aromatic carbocycles. The third-order valence-electron chi connectivity index (χ3n) is 5.32. The number of ether oxygens (including phenoxy) is 1.